The molecule has 0 heterocycles. The first-order valence-corrected chi connectivity index (χ1v) is 11.6. The second-order valence-electron chi connectivity index (χ2n) is 6.60. The number of thiocarbonyl (C=S) groups is 1. The standard InChI is InChI=1S/C22H20N4O5S2/c1-2-31-17-11-7-16(8-12-17)26-33(29,30)18-13-9-15(10-14-18)23-22(32)24-21(27)19-5-3-4-6-20(19)25-28/h3-14,26H,2H2,1H3,(H2,23,24,27,32). The maximum atomic E-state index is 12.6. The van der Waals surface area contributed by atoms with Crippen molar-refractivity contribution in [2.75, 3.05) is 16.6 Å². The molecular formula is C22H20N4O5S2. The van der Waals surface area contributed by atoms with Gasteiger partial charge in [0, 0.05) is 11.4 Å². The molecule has 11 heteroatoms. The van der Waals surface area contributed by atoms with E-state index >= 15 is 0 Å². The number of ether oxygens (including phenoxy) is 1. The lowest BCUT2D eigenvalue weighted by Gasteiger charge is -2.12. The quantitative estimate of drug-likeness (QED) is 0.319. The minimum atomic E-state index is -3.81. The highest BCUT2D eigenvalue weighted by atomic mass is 32.2. The fraction of sp³-hybridized carbons (Fsp3) is 0.0909. The Bertz CT molecular complexity index is 1260. The van der Waals surface area contributed by atoms with Gasteiger partial charge in [-0.05, 0) is 85.0 Å². The third-order valence-corrected chi connectivity index (χ3v) is 5.92. The molecule has 9 nitrogen and oxygen atoms in total. The van der Waals surface area contributed by atoms with E-state index in [9.17, 15) is 18.1 Å². The molecular weight excluding hydrogens is 464 g/mol. The van der Waals surface area contributed by atoms with Crippen LogP contribution in [-0.4, -0.2) is 26.0 Å². The number of nitrogens with zero attached hydrogens (tertiary/aromatic N) is 1. The maximum Gasteiger partial charge on any atom is 0.261 e. The van der Waals surface area contributed by atoms with Gasteiger partial charge in [-0.25, -0.2) is 8.42 Å². The molecule has 33 heavy (non-hydrogen) atoms. The summed E-state index contributed by atoms with van der Waals surface area (Å²) in [6.07, 6.45) is 0. The number of carbonyl (C=O) groups excluding carboxylic acids is 1. The number of amides is 1. The molecule has 0 atom stereocenters. The average molecular weight is 485 g/mol. The first-order valence-electron chi connectivity index (χ1n) is 9.73. The zero-order chi connectivity index (χ0) is 23.8. The van der Waals surface area contributed by atoms with Gasteiger partial charge < -0.3 is 10.1 Å². The van der Waals surface area contributed by atoms with E-state index in [-0.39, 0.29) is 21.3 Å². The van der Waals surface area contributed by atoms with Crippen LogP contribution in [0.4, 0.5) is 17.1 Å². The van der Waals surface area contributed by atoms with Crippen molar-refractivity contribution in [3.05, 3.63) is 83.3 Å². The van der Waals surface area contributed by atoms with Crippen LogP contribution in [0.1, 0.15) is 17.3 Å². The number of anilines is 2. The number of carbonyl (C=O) groups is 1. The molecule has 0 unspecified atom stereocenters. The third kappa shape index (κ3) is 6.34. The molecule has 0 radical (unpaired) electrons. The van der Waals surface area contributed by atoms with Crippen LogP contribution in [0.2, 0.25) is 0 Å². The van der Waals surface area contributed by atoms with Crippen molar-refractivity contribution < 1.29 is 17.9 Å². The van der Waals surface area contributed by atoms with Gasteiger partial charge >= 0.3 is 0 Å². The van der Waals surface area contributed by atoms with Crippen molar-refractivity contribution in [2.45, 2.75) is 11.8 Å². The Hall–Kier alpha value is -3.83. The fourth-order valence-electron chi connectivity index (χ4n) is 2.80. The monoisotopic (exact) mass is 484 g/mol. The van der Waals surface area contributed by atoms with Gasteiger partial charge in [-0.3, -0.25) is 14.8 Å². The van der Waals surface area contributed by atoms with Crippen LogP contribution >= 0.6 is 12.2 Å². The molecule has 0 aliphatic rings. The predicted molar refractivity (Wildman–Crippen MR) is 130 cm³/mol. The number of hydrogen-bond acceptors (Lipinski definition) is 7. The topological polar surface area (TPSA) is 126 Å². The fourth-order valence-corrected chi connectivity index (χ4v) is 4.06. The Balaban J connectivity index is 1.62. The van der Waals surface area contributed by atoms with Gasteiger partial charge in [-0.15, -0.1) is 4.91 Å². The van der Waals surface area contributed by atoms with Crippen LogP contribution in [0.5, 0.6) is 5.75 Å². The molecule has 0 aromatic heterocycles. The lowest BCUT2D eigenvalue weighted by atomic mass is 10.2. The summed E-state index contributed by atoms with van der Waals surface area (Å²) in [7, 11) is -3.81. The number of nitroso groups, excluding NO2 is 1. The molecule has 0 saturated carbocycles. The van der Waals surface area contributed by atoms with Crippen molar-refractivity contribution in [1.29, 1.82) is 0 Å². The van der Waals surface area contributed by atoms with Crippen molar-refractivity contribution in [3.63, 3.8) is 0 Å². The van der Waals surface area contributed by atoms with Crippen molar-refractivity contribution >= 4 is 50.3 Å². The molecule has 170 valence electrons. The predicted octanol–water partition coefficient (Wildman–Crippen LogP) is 4.41. The average Bonchev–Trinajstić information content (AvgIpc) is 2.80. The van der Waals surface area contributed by atoms with Crippen molar-refractivity contribution in [3.8, 4) is 5.75 Å². The molecule has 3 aromatic carbocycles. The zero-order valence-electron chi connectivity index (χ0n) is 17.4. The summed E-state index contributed by atoms with van der Waals surface area (Å²) in [5.74, 6) is 0.0475. The van der Waals surface area contributed by atoms with Gasteiger partial charge in [-0.1, -0.05) is 12.1 Å². The first-order chi connectivity index (χ1) is 15.8. The maximum absolute atomic E-state index is 12.6. The highest BCUT2D eigenvalue weighted by Gasteiger charge is 2.15. The summed E-state index contributed by atoms with van der Waals surface area (Å²) < 4.78 is 33.1. The van der Waals surface area contributed by atoms with E-state index in [1.165, 1.54) is 36.4 Å². The number of hydrogen-bond donors (Lipinski definition) is 3. The Kier molecular flexibility index (Phi) is 7.70. The molecule has 3 rings (SSSR count). The lowest BCUT2D eigenvalue weighted by Crippen LogP contribution is -2.34. The number of benzene rings is 3. The van der Waals surface area contributed by atoms with E-state index in [0.717, 1.165) is 0 Å². The van der Waals surface area contributed by atoms with E-state index in [1.54, 1.807) is 36.4 Å². The summed E-state index contributed by atoms with van der Waals surface area (Å²) >= 11 is 5.12. The second-order valence-corrected chi connectivity index (χ2v) is 8.69. The molecule has 1 amide bonds. The number of rotatable bonds is 8. The van der Waals surface area contributed by atoms with Crippen molar-refractivity contribution in [1.82, 2.24) is 5.32 Å². The zero-order valence-corrected chi connectivity index (χ0v) is 19.1. The summed E-state index contributed by atoms with van der Waals surface area (Å²) in [5, 5.41) is 8.03. The Labute approximate surface area is 196 Å². The van der Waals surface area contributed by atoms with E-state index < -0.39 is 15.9 Å². The summed E-state index contributed by atoms with van der Waals surface area (Å²) in [4.78, 5) is 23.2. The normalized spacial score (nSPS) is 10.7. The Morgan fingerprint density at radius 3 is 2.24 bits per heavy atom. The SMILES string of the molecule is CCOc1ccc(NS(=O)(=O)c2ccc(NC(=S)NC(=O)c3ccccc3N=O)cc2)cc1. The van der Waals surface area contributed by atoms with Crippen LogP contribution < -0.4 is 20.1 Å². The Morgan fingerprint density at radius 2 is 1.61 bits per heavy atom. The number of nitrogens with one attached hydrogen (secondary N) is 3. The Morgan fingerprint density at radius 1 is 0.970 bits per heavy atom. The van der Waals surface area contributed by atoms with Gasteiger partial charge in [0.05, 0.1) is 17.1 Å². The van der Waals surface area contributed by atoms with E-state index in [0.29, 0.717) is 23.7 Å². The largest absolute Gasteiger partial charge is 0.494 e. The summed E-state index contributed by atoms with van der Waals surface area (Å²) in [6, 6.07) is 18.4. The molecule has 0 fully saturated rings. The molecule has 0 spiro atoms. The minimum absolute atomic E-state index is 0.00705. The van der Waals surface area contributed by atoms with Gasteiger partial charge in [-0.2, -0.15) is 0 Å². The van der Waals surface area contributed by atoms with E-state index in [2.05, 4.69) is 20.5 Å². The number of sulfonamides is 1. The van der Waals surface area contributed by atoms with Crippen LogP contribution in [0.3, 0.4) is 0 Å². The first kappa shape index (κ1) is 23.8. The smallest absolute Gasteiger partial charge is 0.261 e. The van der Waals surface area contributed by atoms with E-state index in [4.69, 9.17) is 17.0 Å². The van der Waals surface area contributed by atoms with Gasteiger partial charge in [0.1, 0.15) is 11.4 Å². The highest BCUT2D eigenvalue weighted by molar-refractivity contribution is 7.92. The van der Waals surface area contributed by atoms with Gasteiger partial charge in [0.2, 0.25) is 0 Å². The summed E-state index contributed by atoms with van der Waals surface area (Å²) in [6.45, 7) is 2.38. The highest BCUT2D eigenvalue weighted by Crippen LogP contribution is 2.21. The van der Waals surface area contributed by atoms with Gasteiger partial charge in [0.15, 0.2) is 5.11 Å². The third-order valence-electron chi connectivity index (χ3n) is 4.31. The van der Waals surface area contributed by atoms with Crippen LogP contribution in [0.15, 0.2) is 82.9 Å². The minimum Gasteiger partial charge on any atom is -0.494 e. The van der Waals surface area contributed by atoms with E-state index in [1.807, 2.05) is 6.92 Å². The molecule has 0 saturated heterocycles. The molecule has 0 aliphatic heterocycles. The molecule has 3 N–H and O–H groups in total. The second kappa shape index (κ2) is 10.7. The van der Waals surface area contributed by atoms with Crippen LogP contribution in [-0.2, 0) is 10.0 Å². The molecule has 0 bridgehead atoms. The van der Waals surface area contributed by atoms with Crippen LogP contribution in [0, 0.1) is 4.91 Å². The van der Waals surface area contributed by atoms with Crippen LogP contribution in [0.25, 0.3) is 0 Å². The molecule has 0 aliphatic carbocycles. The van der Waals surface area contributed by atoms with Gasteiger partial charge in [0.25, 0.3) is 15.9 Å². The summed E-state index contributed by atoms with van der Waals surface area (Å²) in [5.41, 5.74) is 0.933. The molecule has 3 aromatic rings. The lowest BCUT2D eigenvalue weighted by molar-refractivity contribution is 0.0978. The van der Waals surface area contributed by atoms with Crippen molar-refractivity contribution in [2.24, 2.45) is 5.18 Å².